The molecule has 0 bridgehead atoms. The van der Waals surface area contributed by atoms with Gasteiger partial charge in [0.05, 0.1) is 12.4 Å². The summed E-state index contributed by atoms with van der Waals surface area (Å²) in [6, 6.07) is 0. The summed E-state index contributed by atoms with van der Waals surface area (Å²) in [5.41, 5.74) is 6.68. The van der Waals surface area contributed by atoms with Crippen LogP contribution in [0.1, 0.15) is 26.0 Å². The second kappa shape index (κ2) is 8.49. The molecule has 10 heteroatoms. The van der Waals surface area contributed by atoms with Gasteiger partial charge in [0.15, 0.2) is 17.7 Å². The number of anilines is 1. The maximum atomic E-state index is 10.4. The van der Waals surface area contributed by atoms with Crippen molar-refractivity contribution in [3.05, 3.63) is 12.7 Å². The first kappa shape index (κ1) is 19.3. The van der Waals surface area contributed by atoms with Crippen molar-refractivity contribution in [3.63, 3.8) is 0 Å². The summed E-state index contributed by atoms with van der Waals surface area (Å²) in [6.45, 7) is 2.28. The topological polar surface area (TPSA) is 140 Å². The number of hydrogen-bond acceptors (Lipinski definition) is 9. The Kier molecular flexibility index (Phi) is 6.30. The smallest absolute Gasteiger partial charge is 0.167 e. The van der Waals surface area contributed by atoms with Crippen molar-refractivity contribution in [1.82, 2.24) is 19.5 Å². The summed E-state index contributed by atoms with van der Waals surface area (Å²) < 4.78 is 7.48. The molecule has 0 saturated carbocycles. The van der Waals surface area contributed by atoms with Crippen LogP contribution in [-0.4, -0.2) is 71.3 Å². The Hall–Kier alpha value is -1.46. The highest BCUT2D eigenvalue weighted by Gasteiger charge is 2.44. The van der Waals surface area contributed by atoms with Crippen molar-refractivity contribution >= 4 is 28.7 Å². The van der Waals surface area contributed by atoms with Gasteiger partial charge >= 0.3 is 0 Å². The standard InChI is InChI=1S/C16H25N5O4S/c1-2-9(3-4-22)5-26-6-10-12(23)13(24)16(25-10)21-8-20-11-14(17)18-7-19-15(11)21/h7-10,12-13,16,22-24H,2-6H2,1H3,(H2,17,18,19)/t9?,10-,12-,13-,16-/m1/s1. The first-order valence-corrected chi connectivity index (χ1v) is 9.85. The second-order valence-electron chi connectivity index (χ2n) is 6.45. The molecular weight excluding hydrogens is 358 g/mol. The van der Waals surface area contributed by atoms with Crippen LogP contribution >= 0.6 is 11.8 Å². The Morgan fingerprint density at radius 1 is 1.31 bits per heavy atom. The lowest BCUT2D eigenvalue weighted by Gasteiger charge is -2.17. The molecule has 0 spiro atoms. The van der Waals surface area contributed by atoms with Gasteiger partial charge in [0, 0.05) is 12.4 Å². The zero-order chi connectivity index (χ0) is 18.7. The van der Waals surface area contributed by atoms with E-state index in [-0.39, 0.29) is 12.4 Å². The number of aliphatic hydroxyl groups is 3. The van der Waals surface area contributed by atoms with Gasteiger partial charge in [-0.2, -0.15) is 11.8 Å². The normalized spacial score (nSPS) is 27.2. The summed E-state index contributed by atoms with van der Waals surface area (Å²) in [6.07, 6.45) is 1.21. The van der Waals surface area contributed by atoms with E-state index in [1.54, 1.807) is 16.3 Å². The fraction of sp³-hybridized carbons (Fsp3) is 0.688. The molecule has 1 saturated heterocycles. The maximum absolute atomic E-state index is 10.4. The first-order valence-electron chi connectivity index (χ1n) is 8.70. The lowest BCUT2D eigenvalue weighted by atomic mass is 10.1. The molecule has 1 aliphatic heterocycles. The van der Waals surface area contributed by atoms with Crippen LogP contribution in [0.2, 0.25) is 0 Å². The van der Waals surface area contributed by atoms with E-state index in [4.69, 9.17) is 15.6 Å². The van der Waals surface area contributed by atoms with E-state index in [9.17, 15) is 10.2 Å². The van der Waals surface area contributed by atoms with Crippen molar-refractivity contribution in [2.24, 2.45) is 5.92 Å². The summed E-state index contributed by atoms with van der Waals surface area (Å²) >= 11 is 1.66. The fourth-order valence-electron chi connectivity index (χ4n) is 3.09. The predicted molar refractivity (Wildman–Crippen MR) is 98.5 cm³/mol. The fourth-order valence-corrected chi connectivity index (χ4v) is 4.47. The number of ether oxygens (including phenoxy) is 1. The quantitative estimate of drug-likeness (QED) is 0.502. The molecule has 1 fully saturated rings. The minimum Gasteiger partial charge on any atom is -0.396 e. The van der Waals surface area contributed by atoms with Crippen LogP contribution in [0, 0.1) is 5.92 Å². The molecule has 0 radical (unpaired) electrons. The Balaban J connectivity index is 1.66. The average Bonchev–Trinajstić information content (AvgIpc) is 3.18. The van der Waals surface area contributed by atoms with Gasteiger partial charge in [0.25, 0.3) is 0 Å². The zero-order valence-corrected chi connectivity index (χ0v) is 15.4. The number of nitrogen functional groups attached to an aromatic ring is 1. The van der Waals surface area contributed by atoms with Crippen LogP contribution in [0.5, 0.6) is 0 Å². The van der Waals surface area contributed by atoms with Crippen LogP contribution in [0.15, 0.2) is 12.7 Å². The number of aromatic nitrogens is 4. The van der Waals surface area contributed by atoms with E-state index >= 15 is 0 Å². The molecule has 5 atom stereocenters. The van der Waals surface area contributed by atoms with Gasteiger partial charge in [-0.25, -0.2) is 15.0 Å². The van der Waals surface area contributed by atoms with Crippen LogP contribution in [0.4, 0.5) is 5.82 Å². The maximum Gasteiger partial charge on any atom is 0.167 e. The molecule has 26 heavy (non-hydrogen) atoms. The molecule has 1 aliphatic rings. The van der Waals surface area contributed by atoms with Crippen LogP contribution in [0.3, 0.4) is 0 Å². The van der Waals surface area contributed by atoms with Crippen molar-refractivity contribution in [2.75, 3.05) is 23.8 Å². The number of thioether (sulfide) groups is 1. The first-order chi connectivity index (χ1) is 12.6. The summed E-state index contributed by atoms with van der Waals surface area (Å²) in [4.78, 5) is 12.2. The number of fused-ring (bicyclic) bond motifs is 1. The van der Waals surface area contributed by atoms with Gasteiger partial charge < -0.3 is 25.8 Å². The Bertz CT molecular complexity index is 730. The monoisotopic (exact) mass is 383 g/mol. The van der Waals surface area contributed by atoms with E-state index in [0.717, 1.165) is 18.6 Å². The van der Waals surface area contributed by atoms with E-state index in [1.807, 2.05) is 0 Å². The number of nitrogens with two attached hydrogens (primary N) is 1. The summed E-state index contributed by atoms with van der Waals surface area (Å²) in [7, 11) is 0. The van der Waals surface area contributed by atoms with Crippen molar-refractivity contribution in [3.8, 4) is 0 Å². The molecule has 144 valence electrons. The number of hydrogen-bond donors (Lipinski definition) is 4. The molecule has 2 aromatic rings. The van der Waals surface area contributed by atoms with Gasteiger partial charge in [0.1, 0.15) is 24.1 Å². The van der Waals surface area contributed by atoms with Crippen molar-refractivity contribution in [1.29, 1.82) is 0 Å². The SMILES string of the molecule is CCC(CCO)CSC[C@H]1O[C@@H](n2cnc3c(N)ncnc32)[C@H](O)[C@@H]1O. The van der Waals surface area contributed by atoms with Crippen molar-refractivity contribution < 1.29 is 20.1 Å². The summed E-state index contributed by atoms with van der Waals surface area (Å²) in [5.74, 6) is 2.12. The lowest BCUT2D eigenvalue weighted by Crippen LogP contribution is -2.32. The Morgan fingerprint density at radius 2 is 2.12 bits per heavy atom. The highest BCUT2D eigenvalue weighted by Crippen LogP contribution is 2.33. The van der Waals surface area contributed by atoms with Crippen LogP contribution in [0.25, 0.3) is 11.2 Å². The highest BCUT2D eigenvalue weighted by atomic mass is 32.2. The molecule has 5 N–H and O–H groups in total. The predicted octanol–water partition coefficient (Wildman–Crippen LogP) is 0.169. The molecule has 3 rings (SSSR count). The van der Waals surface area contributed by atoms with E-state index < -0.39 is 24.5 Å². The third-order valence-corrected chi connectivity index (χ3v) is 6.02. The molecule has 2 aromatic heterocycles. The summed E-state index contributed by atoms with van der Waals surface area (Å²) in [5, 5.41) is 29.9. The van der Waals surface area contributed by atoms with Gasteiger partial charge in [0.2, 0.25) is 0 Å². The zero-order valence-electron chi connectivity index (χ0n) is 14.6. The molecule has 0 amide bonds. The lowest BCUT2D eigenvalue weighted by molar-refractivity contribution is -0.0289. The van der Waals surface area contributed by atoms with E-state index in [0.29, 0.717) is 22.8 Å². The van der Waals surface area contributed by atoms with Gasteiger partial charge in [-0.15, -0.1) is 0 Å². The molecule has 3 heterocycles. The second-order valence-corrected chi connectivity index (χ2v) is 7.53. The Labute approximate surface area is 155 Å². The third-order valence-electron chi connectivity index (χ3n) is 4.75. The molecule has 1 unspecified atom stereocenters. The molecule has 0 aromatic carbocycles. The third kappa shape index (κ3) is 3.79. The number of aliphatic hydroxyl groups excluding tert-OH is 3. The van der Waals surface area contributed by atoms with Crippen LogP contribution in [-0.2, 0) is 4.74 Å². The minimum atomic E-state index is -1.09. The molecular formula is C16H25N5O4S. The van der Waals surface area contributed by atoms with Crippen LogP contribution < -0.4 is 5.73 Å². The largest absolute Gasteiger partial charge is 0.396 e. The number of imidazole rings is 1. The molecule has 0 aliphatic carbocycles. The van der Waals surface area contributed by atoms with E-state index in [2.05, 4.69) is 21.9 Å². The highest BCUT2D eigenvalue weighted by molar-refractivity contribution is 7.99. The number of rotatable bonds is 8. The van der Waals surface area contributed by atoms with E-state index in [1.165, 1.54) is 12.7 Å². The van der Waals surface area contributed by atoms with Gasteiger partial charge in [-0.05, 0) is 18.1 Å². The van der Waals surface area contributed by atoms with Gasteiger partial charge in [-0.1, -0.05) is 13.3 Å². The number of nitrogens with zero attached hydrogens (tertiary/aromatic N) is 4. The average molecular weight is 383 g/mol. The van der Waals surface area contributed by atoms with Crippen molar-refractivity contribution in [2.45, 2.75) is 44.3 Å². The Morgan fingerprint density at radius 3 is 2.85 bits per heavy atom. The van der Waals surface area contributed by atoms with Gasteiger partial charge in [-0.3, -0.25) is 4.57 Å². The minimum absolute atomic E-state index is 0.182. The molecule has 9 nitrogen and oxygen atoms in total.